The number of ketones is 3. The number of fused-ring (bicyclic) bond motifs is 4. The first-order valence-electron chi connectivity index (χ1n) is 37.3. The van der Waals surface area contributed by atoms with Crippen LogP contribution in [0.1, 0.15) is 177 Å². The molecule has 0 spiro atoms. The summed E-state index contributed by atoms with van der Waals surface area (Å²) in [6.45, 7) is 16.0. The molecule has 8 unspecified atom stereocenters. The van der Waals surface area contributed by atoms with Crippen LogP contribution in [0.2, 0.25) is 0 Å². The van der Waals surface area contributed by atoms with Gasteiger partial charge in [-0.05, 0) is 152 Å². The summed E-state index contributed by atoms with van der Waals surface area (Å²) in [7, 11) is 3.28. The highest BCUT2D eigenvalue weighted by Crippen LogP contribution is 2.41. The largest absolute Gasteiger partial charge is 0.391 e. The number of piperidine rings is 2. The third-order valence-electron chi connectivity index (χ3n) is 21.1. The summed E-state index contributed by atoms with van der Waals surface area (Å²) in [4.78, 5) is 124. The molecule has 2 aliphatic carbocycles. The molecule has 6 N–H and O–H groups in total. The molecular formula is C83H111N9O10. The maximum Gasteiger partial charge on any atom is 0.237 e. The molecule has 548 valence electrons. The molecule has 2 aromatic heterocycles. The fourth-order valence-electron chi connectivity index (χ4n) is 15.7. The lowest BCUT2D eigenvalue weighted by molar-refractivity contribution is -0.135. The average molecular weight is 1390 g/mol. The van der Waals surface area contributed by atoms with Gasteiger partial charge in [0, 0.05) is 107 Å². The highest BCUT2D eigenvalue weighted by atomic mass is 16.3. The van der Waals surface area contributed by atoms with Gasteiger partial charge in [-0.2, -0.15) is 0 Å². The van der Waals surface area contributed by atoms with Crippen LogP contribution in [0.5, 0.6) is 0 Å². The molecule has 2 aliphatic heterocycles. The van der Waals surface area contributed by atoms with Crippen LogP contribution in [0.4, 0.5) is 0 Å². The number of aliphatic hydroxyl groups is 2. The van der Waals surface area contributed by atoms with E-state index in [1.807, 2.05) is 163 Å². The molecule has 19 nitrogen and oxygen atoms in total. The van der Waals surface area contributed by atoms with Crippen molar-refractivity contribution in [2.45, 2.75) is 199 Å². The lowest BCUT2D eigenvalue weighted by Crippen LogP contribution is -2.60. The van der Waals surface area contributed by atoms with Crippen molar-refractivity contribution in [1.29, 1.82) is 0 Å². The highest BCUT2D eigenvalue weighted by Gasteiger charge is 2.45. The second-order valence-electron chi connectivity index (χ2n) is 31.6. The van der Waals surface area contributed by atoms with E-state index in [0.717, 1.165) is 67.0 Å². The molecule has 12 atom stereocenters. The van der Waals surface area contributed by atoms with Gasteiger partial charge in [0.25, 0.3) is 0 Å². The number of hydrogen-bond acceptors (Lipinski definition) is 14. The van der Waals surface area contributed by atoms with Crippen molar-refractivity contribution in [3.63, 3.8) is 0 Å². The second-order valence-corrected chi connectivity index (χ2v) is 31.6. The number of para-hydroxylation sites is 2. The van der Waals surface area contributed by atoms with Crippen LogP contribution in [-0.2, 0) is 41.6 Å². The summed E-state index contributed by atoms with van der Waals surface area (Å²) in [5, 5.41) is 38.0. The van der Waals surface area contributed by atoms with Gasteiger partial charge in [0.15, 0.2) is 11.6 Å². The smallest absolute Gasteiger partial charge is 0.237 e. The van der Waals surface area contributed by atoms with E-state index in [2.05, 4.69) is 41.0 Å². The van der Waals surface area contributed by atoms with Crippen LogP contribution in [0.25, 0.3) is 21.8 Å². The van der Waals surface area contributed by atoms with E-state index in [4.69, 9.17) is 0 Å². The number of aromatic nitrogens is 2. The number of amides is 5. The third kappa shape index (κ3) is 22.7. The lowest BCUT2D eigenvalue weighted by atomic mass is 9.72. The molecule has 4 aliphatic rings. The molecule has 6 aromatic rings. The zero-order valence-electron chi connectivity index (χ0n) is 61.6. The highest BCUT2D eigenvalue weighted by molar-refractivity contribution is 6.01. The first-order valence-corrected chi connectivity index (χ1v) is 37.3. The zero-order chi connectivity index (χ0) is 73.3. The van der Waals surface area contributed by atoms with Gasteiger partial charge in [-0.3, -0.25) is 48.2 Å². The Labute approximate surface area is 603 Å². The van der Waals surface area contributed by atoms with Crippen molar-refractivity contribution in [2.24, 2.45) is 41.4 Å². The van der Waals surface area contributed by atoms with Crippen LogP contribution < -0.4 is 21.3 Å². The number of Topliss-reactive ketones (excluding diaryl/α,β-unsaturated/α-hetero) is 3. The first-order chi connectivity index (χ1) is 48.7. The van der Waals surface area contributed by atoms with Crippen LogP contribution in [0, 0.1) is 41.4 Å². The number of pyridine rings is 2. The molecule has 10 rings (SSSR count). The van der Waals surface area contributed by atoms with Gasteiger partial charge in [-0.25, -0.2) is 9.97 Å². The van der Waals surface area contributed by atoms with Gasteiger partial charge >= 0.3 is 0 Å². The van der Waals surface area contributed by atoms with E-state index < -0.39 is 47.4 Å². The number of β-amino-alcohol motifs (C(OH)–C–C–N with tert-alkyl or cyclic N) is 2. The van der Waals surface area contributed by atoms with Crippen molar-refractivity contribution >= 4 is 68.7 Å². The van der Waals surface area contributed by atoms with Gasteiger partial charge in [0.05, 0.1) is 47.3 Å². The Balaban J connectivity index is 0.000000237. The van der Waals surface area contributed by atoms with Gasteiger partial charge in [0.1, 0.15) is 17.2 Å². The number of nitrogens with zero attached hydrogens (tertiary/aromatic N) is 5. The summed E-state index contributed by atoms with van der Waals surface area (Å²) in [5.74, 6) is -2.39. The maximum absolute atomic E-state index is 14.3. The molecule has 5 amide bonds. The SMILES string of the molecule is CCNC(=O)CC(CC(=O)c1ccc2ccccc2n1)C(=O)NC(Cc1ccccc1)C(O)CN1CC2CCCCC2CC1C(=O)NC(C)(C)C.CN(C)C(=O)C[C@H](CC(=O)c1ccc2ccccc2n1)C(=O)C[C@@H](Cc1ccccc1)[C@H](O)CN1CC2CCCCC2C[C@H]1C(=O)NC(C)(C)C. The minimum Gasteiger partial charge on any atom is -0.391 e. The Hall–Kier alpha value is -8.10. The molecular weight excluding hydrogens is 1280 g/mol. The Morgan fingerprint density at radius 3 is 1.43 bits per heavy atom. The van der Waals surface area contributed by atoms with Gasteiger partial charge in [-0.1, -0.05) is 148 Å². The Kier molecular flexibility index (Phi) is 27.8. The summed E-state index contributed by atoms with van der Waals surface area (Å²) in [6.07, 6.45) is 8.89. The fourth-order valence-corrected chi connectivity index (χ4v) is 15.7. The molecule has 102 heavy (non-hydrogen) atoms. The Morgan fingerprint density at radius 1 is 0.520 bits per heavy atom. The number of rotatable bonds is 28. The standard InChI is InChI=1S/C42H56N4O5.C41H55N5O5/c1-42(2,3)44-41(51)36-22-30-16-9-10-17-31(30)26-46(36)27-39(49)32(21-28-13-7-6-8-14-28)23-37(47)33(25-40(50)45(4)5)24-38(48)35-20-19-29-15-11-12-18-34(29)43-35;1-5-42-38(49)24-31(23-36(47)33-20-19-28-15-11-12-18-32(28)43-33)39(50)44-34(21-27-13-7-6-8-14-27)37(48)26-46-25-30-17-10-9-16-29(30)22-35(46)40(51)45-41(2,3)4/h6-8,11-15,18-20,30-33,36,39,49H,9-10,16-17,21-27H2,1-5H3,(H,44,51);6-8,11-15,18-20,29-31,34-35,37,48H,5,9-10,16-17,21-26H2,1-4H3,(H,42,49)(H,44,50)(H,45,51)/t30?,31?,32-,33+,36+,39-;/m1./s1. The molecule has 2 saturated carbocycles. The normalized spacial score (nSPS) is 21.2. The number of carbonyl (C=O) groups excluding carboxylic acids is 8. The quantitative estimate of drug-likeness (QED) is 0.0250. The van der Waals surface area contributed by atoms with Crippen LogP contribution >= 0.6 is 0 Å². The predicted molar refractivity (Wildman–Crippen MR) is 399 cm³/mol. The Bertz CT molecular complexity index is 3820. The van der Waals surface area contributed by atoms with Crippen molar-refractivity contribution in [1.82, 2.24) is 45.9 Å². The van der Waals surface area contributed by atoms with E-state index in [1.165, 1.54) is 30.6 Å². The summed E-state index contributed by atoms with van der Waals surface area (Å²) >= 11 is 0. The topological polar surface area (TPSA) is 261 Å². The van der Waals surface area contributed by atoms with E-state index in [9.17, 15) is 48.6 Å². The minimum atomic E-state index is -1.03. The first kappa shape index (κ1) is 78.0. The van der Waals surface area contributed by atoms with Gasteiger partial charge < -0.3 is 36.4 Å². The monoisotopic (exact) mass is 1390 g/mol. The maximum atomic E-state index is 14.3. The molecule has 4 heterocycles. The molecule has 2 saturated heterocycles. The summed E-state index contributed by atoms with van der Waals surface area (Å²) in [5.41, 5.74) is 2.98. The molecule has 0 radical (unpaired) electrons. The number of benzene rings is 4. The number of hydrogen-bond donors (Lipinski definition) is 6. The van der Waals surface area contributed by atoms with Crippen molar-refractivity contribution < 1.29 is 48.6 Å². The predicted octanol–water partition coefficient (Wildman–Crippen LogP) is 10.7. The minimum absolute atomic E-state index is 0.00138. The zero-order valence-corrected chi connectivity index (χ0v) is 61.6. The van der Waals surface area contributed by atoms with Crippen LogP contribution in [0.15, 0.2) is 133 Å². The second kappa shape index (κ2) is 36.4. The summed E-state index contributed by atoms with van der Waals surface area (Å²) in [6, 6.07) is 39.9. The molecule has 4 fully saturated rings. The third-order valence-corrected chi connectivity index (χ3v) is 21.1. The van der Waals surface area contributed by atoms with Gasteiger partial charge in [0.2, 0.25) is 29.5 Å². The lowest BCUT2D eigenvalue weighted by Gasteiger charge is -2.47. The van der Waals surface area contributed by atoms with Gasteiger partial charge in [-0.15, -0.1) is 0 Å². The van der Waals surface area contributed by atoms with Crippen molar-refractivity contribution in [2.75, 3.05) is 46.8 Å². The molecule has 19 heteroatoms. The number of aliphatic hydroxyl groups excluding tert-OH is 2. The van der Waals surface area contributed by atoms with E-state index in [-0.39, 0.29) is 115 Å². The summed E-state index contributed by atoms with van der Waals surface area (Å²) < 4.78 is 0. The van der Waals surface area contributed by atoms with Crippen molar-refractivity contribution in [3.05, 3.63) is 156 Å². The molecule has 0 bridgehead atoms. The Morgan fingerprint density at radius 2 is 0.961 bits per heavy atom. The van der Waals surface area contributed by atoms with E-state index in [0.29, 0.717) is 60.6 Å². The van der Waals surface area contributed by atoms with Crippen molar-refractivity contribution in [3.8, 4) is 0 Å². The number of carbonyl (C=O) groups is 8. The number of nitrogens with one attached hydrogen (secondary N) is 4. The van der Waals surface area contributed by atoms with E-state index >= 15 is 0 Å². The number of likely N-dealkylation sites (tertiary alicyclic amines) is 2. The average Bonchev–Trinajstić information content (AvgIpc) is 0.814. The van der Waals surface area contributed by atoms with Crippen LogP contribution in [0.3, 0.4) is 0 Å². The fraction of sp³-hybridized carbons (Fsp3) is 0.542. The molecule has 4 aromatic carbocycles. The van der Waals surface area contributed by atoms with E-state index in [1.54, 1.807) is 33.2 Å². The van der Waals surface area contributed by atoms with Crippen LogP contribution in [-0.4, -0.2) is 170 Å².